The maximum Gasteiger partial charge on any atom is 0.255 e. The van der Waals surface area contributed by atoms with Gasteiger partial charge >= 0.3 is 0 Å². The Balaban J connectivity index is 2.19. The van der Waals surface area contributed by atoms with E-state index in [1.165, 1.54) is 5.56 Å². The molecule has 98 valence electrons. The summed E-state index contributed by atoms with van der Waals surface area (Å²) in [5, 5.41) is 2.92. The molecule has 0 spiro atoms. The van der Waals surface area contributed by atoms with E-state index in [9.17, 15) is 4.79 Å². The van der Waals surface area contributed by atoms with E-state index in [1.807, 2.05) is 49.4 Å². The van der Waals surface area contributed by atoms with E-state index in [2.05, 4.69) is 28.2 Å². The Morgan fingerprint density at radius 2 is 2.00 bits per heavy atom. The van der Waals surface area contributed by atoms with Gasteiger partial charge in [-0.25, -0.2) is 0 Å². The summed E-state index contributed by atoms with van der Waals surface area (Å²) in [7, 11) is 0. The number of nitrogens with one attached hydrogen (secondary N) is 1. The Kier molecular flexibility index (Phi) is 4.38. The lowest BCUT2D eigenvalue weighted by Gasteiger charge is -2.09. The molecule has 0 radical (unpaired) electrons. The summed E-state index contributed by atoms with van der Waals surface area (Å²) in [6.45, 7) is 4.08. The average Bonchev–Trinajstić information content (AvgIpc) is 2.41. The van der Waals surface area contributed by atoms with Crippen molar-refractivity contribution in [2.45, 2.75) is 20.3 Å². The van der Waals surface area contributed by atoms with Crippen LogP contribution in [0.5, 0.6) is 0 Å². The fraction of sp³-hybridized carbons (Fsp3) is 0.188. The Morgan fingerprint density at radius 3 is 2.63 bits per heavy atom. The van der Waals surface area contributed by atoms with E-state index in [0.29, 0.717) is 5.56 Å². The van der Waals surface area contributed by atoms with Crippen molar-refractivity contribution in [2.24, 2.45) is 0 Å². The molecule has 3 heteroatoms. The number of anilines is 1. The number of halogens is 1. The van der Waals surface area contributed by atoms with E-state index in [1.54, 1.807) is 0 Å². The summed E-state index contributed by atoms with van der Waals surface area (Å²) in [6, 6.07) is 13.5. The number of rotatable bonds is 3. The number of carbonyl (C=O) groups excluding carboxylic acids is 1. The normalized spacial score (nSPS) is 10.3. The van der Waals surface area contributed by atoms with E-state index < -0.39 is 0 Å². The maximum absolute atomic E-state index is 12.1. The van der Waals surface area contributed by atoms with Gasteiger partial charge in [0.05, 0.1) is 5.69 Å². The maximum atomic E-state index is 12.1. The summed E-state index contributed by atoms with van der Waals surface area (Å²) >= 11 is 3.49. The summed E-state index contributed by atoms with van der Waals surface area (Å²) in [5.41, 5.74) is 3.78. The van der Waals surface area contributed by atoms with E-state index in [-0.39, 0.29) is 5.91 Å². The van der Waals surface area contributed by atoms with E-state index >= 15 is 0 Å². The molecule has 2 rings (SSSR count). The van der Waals surface area contributed by atoms with Crippen molar-refractivity contribution in [3.8, 4) is 0 Å². The Hall–Kier alpha value is -1.61. The van der Waals surface area contributed by atoms with Crippen molar-refractivity contribution in [3.63, 3.8) is 0 Å². The van der Waals surface area contributed by atoms with Crippen molar-refractivity contribution in [1.82, 2.24) is 0 Å². The largest absolute Gasteiger partial charge is 0.321 e. The van der Waals surface area contributed by atoms with Gasteiger partial charge in [0.2, 0.25) is 0 Å². The van der Waals surface area contributed by atoms with Crippen molar-refractivity contribution in [3.05, 3.63) is 63.6 Å². The zero-order chi connectivity index (χ0) is 13.8. The molecule has 1 amide bonds. The van der Waals surface area contributed by atoms with Gasteiger partial charge < -0.3 is 5.32 Å². The molecule has 0 bridgehead atoms. The fourth-order valence-electron chi connectivity index (χ4n) is 1.86. The number of hydrogen-bond donors (Lipinski definition) is 1. The van der Waals surface area contributed by atoms with Gasteiger partial charge in [-0.2, -0.15) is 0 Å². The van der Waals surface area contributed by atoms with Crippen molar-refractivity contribution >= 4 is 27.5 Å². The van der Waals surface area contributed by atoms with Crippen LogP contribution in [0.1, 0.15) is 28.4 Å². The molecule has 19 heavy (non-hydrogen) atoms. The molecule has 0 aromatic heterocycles. The van der Waals surface area contributed by atoms with Crippen LogP contribution in [-0.4, -0.2) is 5.91 Å². The average molecular weight is 318 g/mol. The molecule has 0 aliphatic carbocycles. The number of aryl methyl sites for hydroxylation is 2. The third kappa shape index (κ3) is 3.44. The van der Waals surface area contributed by atoms with Crippen LogP contribution in [0.4, 0.5) is 5.69 Å². The van der Waals surface area contributed by atoms with Crippen LogP contribution in [0.2, 0.25) is 0 Å². The Bertz CT molecular complexity index is 607. The Morgan fingerprint density at radius 1 is 1.21 bits per heavy atom. The zero-order valence-electron chi connectivity index (χ0n) is 11.0. The van der Waals surface area contributed by atoms with Crippen LogP contribution in [0, 0.1) is 6.92 Å². The predicted octanol–water partition coefficient (Wildman–Crippen LogP) is 4.57. The topological polar surface area (TPSA) is 29.1 Å². The van der Waals surface area contributed by atoms with Gasteiger partial charge in [0.15, 0.2) is 0 Å². The molecule has 2 aromatic carbocycles. The quantitative estimate of drug-likeness (QED) is 0.882. The van der Waals surface area contributed by atoms with Gasteiger partial charge in [-0.05, 0) is 59.1 Å². The monoisotopic (exact) mass is 317 g/mol. The lowest BCUT2D eigenvalue weighted by molar-refractivity contribution is 0.102. The molecule has 0 fully saturated rings. The summed E-state index contributed by atoms with van der Waals surface area (Å²) in [5.74, 6) is -0.0892. The number of amides is 1. The van der Waals surface area contributed by atoms with Gasteiger partial charge in [-0.3, -0.25) is 4.79 Å². The fourth-order valence-corrected chi connectivity index (χ4v) is 2.39. The number of benzene rings is 2. The molecule has 1 N–H and O–H groups in total. The van der Waals surface area contributed by atoms with E-state index in [0.717, 1.165) is 22.1 Å². The summed E-state index contributed by atoms with van der Waals surface area (Å²) in [6.07, 6.45) is 0.977. The molecule has 0 saturated heterocycles. The highest BCUT2D eigenvalue weighted by Gasteiger charge is 2.08. The van der Waals surface area contributed by atoms with Crippen LogP contribution < -0.4 is 5.32 Å². The highest BCUT2D eigenvalue weighted by atomic mass is 79.9. The second-order valence-electron chi connectivity index (χ2n) is 4.49. The van der Waals surface area contributed by atoms with Crippen LogP contribution in [-0.2, 0) is 6.42 Å². The first kappa shape index (κ1) is 13.8. The summed E-state index contributed by atoms with van der Waals surface area (Å²) in [4.78, 5) is 12.1. The van der Waals surface area contributed by atoms with Crippen LogP contribution in [0.25, 0.3) is 0 Å². The number of carbonyl (C=O) groups is 1. The number of hydrogen-bond acceptors (Lipinski definition) is 1. The van der Waals surface area contributed by atoms with Crippen LogP contribution in [0.3, 0.4) is 0 Å². The van der Waals surface area contributed by atoms with Crippen molar-refractivity contribution < 1.29 is 4.79 Å². The van der Waals surface area contributed by atoms with Crippen LogP contribution >= 0.6 is 15.9 Å². The first-order valence-corrected chi connectivity index (χ1v) is 7.06. The molecule has 0 saturated carbocycles. The first-order chi connectivity index (χ1) is 9.10. The standard InChI is InChI=1S/C16H16BrNO/c1-3-12-7-8-15(14(17)10-12)18-16(19)13-6-4-5-11(2)9-13/h4-10H,3H2,1-2H3,(H,18,19). The molecule has 0 unspecified atom stereocenters. The minimum absolute atomic E-state index is 0.0892. The second-order valence-corrected chi connectivity index (χ2v) is 5.35. The molecule has 2 nitrogen and oxygen atoms in total. The van der Waals surface area contributed by atoms with Crippen molar-refractivity contribution in [1.29, 1.82) is 0 Å². The molecular weight excluding hydrogens is 302 g/mol. The van der Waals surface area contributed by atoms with Gasteiger partial charge in [-0.1, -0.05) is 30.7 Å². The zero-order valence-corrected chi connectivity index (χ0v) is 12.6. The van der Waals surface area contributed by atoms with Gasteiger partial charge in [0.25, 0.3) is 5.91 Å². The second kappa shape index (κ2) is 6.02. The van der Waals surface area contributed by atoms with Crippen molar-refractivity contribution in [2.75, 3.05) is 5.32 Å². The lowest BCUT2D eigenvalue weighted by Crippen LogP contribution is -2.12. The van der Waals surface area contributed by atoms with Gasteiger partial charge in [-0.15, -0.1) is 0 Å². The SMILES string of the molecule is CCc1ccc(NC(=O)c2cccc(C)c2)c(Br)c1. The van der Waals surface area contributed by atoms with E-state index in [4.69, 9.17) is 0 Å². The van der Waals surface area contributed by atoms with Gasteiger partial charge in [0.1, 0.15) is 0 Å². The minimum atomic E-state index is -0.0892. The Labute approximate surface area is 122 Å². The molecule has 0 aliphatic rings. The molecule has 0 aliphatic heterocycles. The summed E-state index contributed by atoms with van der Waals surface area (Å²) < 4.78 is 0.910. The predicted molar refractivity (Wildman–Crippen MR) is 82.7 cm³/mol. The highest BCUT2D eigenvalue weighted by molar-refractivity contribution is 9.10. The smallest absolute Gasteiger partial charge is 0.255 e. The van der Waals surface area contributed by atoms with Crippen LogP contribution in [0.15, 0.2) is 46.9 Å². The third-order valence-electron chi connectivity index (χ3n) is 2.97. The molecular formula is C16H16BrNO. The highest BCUT2D eigenvalue weighted by Crippen LogP contribution is 2.24. The molecule has 0 heterocycles. The minimum Gasteiger partial charge on any atom is -0.321 e. The molecule has 2 aromatic rings. The molecule has 0 atom stereocenters. The first-order valence-electron chi connectivity index (χ1n) is 6.26. The lowest BCUT2D eigenvalue weighted by atomic mass is 10.1. The van der Waals surface area contributed by atoms with Gasteiger partial charge in [0, 0.05) is 10.0 Å². The third-order valence-corrected chi connectivity index (χ3v) is 3.63.